The smallest absolute Gasteiger partial charge is 0.134 e. The molecule has 0 spiro atoms. The summed E-state index contributed by atoms with van der Waals surface area (Å²) < 4.78 is 6.07. The molecular weight excluding hydrogens is 281 g/mol. The topological polar surface area (TPSA) is 41.5 Å². The zero-order valence-corrected chi connectivity index (χ0v) is 10.5. The largest absolute Gasteiger partial charge is 0.506 e. The standard InChI is InChI=1S/C10H12BrNO2.ClH/c11-8-3-1-2-7(10(8)13)9-6-14-5-4-12-9;/h1-3,9,12-13H,4-6H2;1H/t9-;/m0./s1. The molecule has 1 heterocycles. The molecule has 1 aliphatic rings. The number of rotatable bonds is 1. The summed E-state index contributed by atoms with van der Waals surface area (Å²) >= 11 is 3.29. The van der Waals surface area contributed by atoms with Gasteiger partial charge in [-0.25, -0.2) is 0 Å². The number of ether oxygens (including phenoxy) is 1. The van der Waals surface area contributed by atoms with Gasteiger partial charge in [0.15, 0.2) is 0 Å². The van der Waals surface area contributed by atoms with Gasteiger partial charge in [-0.3, -0.25) is 0 Å². The zero-order valence-electron chi connectivity index (χ0n) is 8.07. The molecule has 0 bridgehead atoms. The minimum Gasteiger partial charge on any atom is -0.506 e. The van der Waals surface area contributed by atoms with Crippen molar-refractivity contribution in [2.45, 2.75) is 6.04 Å². The summed E-state index contributed by atoms with van der Waals surface area (Å²) in [5, 5.41) is 13.1. The van der Waals surface area contributed by atoms with Crippen molar-refractivity contribution in [3.63, 3.8) is 0 Å². The quantitative estimate of drug-likeness (QED) is 0.835. The van der Waals surface area contributed by atoms with Gasteiger partial charge in [-0.15, -0.1) is 12.4 Å². The van der Waals surface area contributed by atoms with Crippen LogP contribution in [-0.4, -0.2) is 24.9 Å². The van der Waals surface area contributed by atoms with Gasteiger partial charge in [-0.05, 0) is 22.0 Å². The van der Waals surface area contributed by atoms with Crippen LogP contribution in [0.5, 0.6) is 5.75 Å². The second kappa shape index (κ2) is 5.70. The first kappa shape index (κ1) is 12.8. The van der Waals surface area contributed by atoms with E-state index in [4.69, 9.17) is 4.74 Å². The predicted octanol–water partition coefficient (Wildman–Crippen LogP) is 2.24. The lowest BCUT2D eigenvalue weighted by Gasteiger charge is -2.24. The summed E-state index contributed by atoms with van der Waals surface area (Å²) in [7, 11) is 0. The highest BCUT2D eigenvalue weighted by Gasteiger charge is 2.18. The highest BCUT2D eigenvalue weighted by Crippen LogP contribution is 2.32. The van der Waals surface area contributed by atoms with Crippen LogP contribution in [0.25, 0.3) is 0 Å². The van der Waals surface area contributed by atoms with Gasteiger partial charge in [0.2, 0.25) is 0 Å². The van der Waals surface area contributed by atoms with Gasteiger partial charge in [-0.1, -0.05) is 12.1 Å². The van der Waals surface area contributed by atoms with Gasteiger partial charge in [0, 0.05) is 12.1 Å². The van der Waals surface area contributed by atoms with Gasteiger partial charge >= 0.3 is 0 Å². The molecule has 0 amide bonds. The Hall–Kier alpha value is -0.290. The highest BCUT2D eigenvalue weighted by molar-refractivity contribution is 9.10. The van der Waals surface area contributed by atoms with Crippen molar-refractivity contribution in [1.82, 2.24) is 5.32 Å². The fourth-order valence-electron chi connectivity index (χ4n) is 1.58. The highest BCUT2D eigenvalue weighted by atomic mass is 79.9. The molecule has 0 aliphatic carbocycles. The number of morpholine rings is 1. The van der Waals surface area contributed by atoms with E-state index in [1.54, 1.807) is 0 Å². The average molecular weight is 295 g/mol. The molecule has 2 rings (SSSR count). The van der Waals surface area contributed by atoms with Gasteiger partial charge in [-0.2, -0.15) is 0 Å². The Morgan fingerprint density at radius 1 is 1.47 bits per heavy atom. The molecule has 5 heteroatoms. The van der Waals surface area contributed by atoms with Gasteiger partial charge in [0.25, 0.3) is 0 Å². The summed E-state index contributed by atoms with van der Waals surface area (Å²) in [5.41, 5.74) is 0.888. The molecule has 1 atom stereocenters. The first-order valence-electron chi connectivity index (χ1n) is 4.57. The van der Waals surface area contributed by atoms with Crippen molar-refractivity contribution < 1.29 is 9.84 Å². The van der Waals surface area contributed by atoms with Crippen molar-refractivity contribution >= 4 is 28.3 Å². The van der Waals surface area contributed by atoms with E-state index in [1.165, 1.54) is 0 Å². The van der Waals surface area contributed by atoms with Gasteiger partial charge in [0.1, 0.15) is 5.75 Å². The molecule has 1 fully saturated rings. The Balaban J connectivity index is 0.00000112. The molecule has 1 aromatic carbocycles. The molecule has 1 aliphatic heterocycles. The molecule has 0 aromatic heterocycles. The Morgan fingerprint density at radius 2 is 2.27 bits per heavy atom. The van der Waals surface area contributed by atoms with E-state index < -0.39 is 0 Å². The van der Waals surface area contributed by atoms with Crippen LogP contribution >= 0.6 is 28.3 Å². The van der Waals surface area contributed by atoms with E-state index in [1.807, 2.05) is 18.2 Å². The molecule has 1 aromatic rings. The number of phenolic OH excluding ortho intramolecular Hbond substituents is 1. The molecule has 3 nitrogen and oxygen atoms in total. The maximum absolute atomic E-state index is 9.81. The van der Waals surface area contributed by atoms with Crippen LogP contribution in [0.3, 0.4) is 0 Å². The lowest BCUT2D eigenvalue weighted by atomic mass is 10.1. The second-order valence-corrected chi connectivity index (χ2v) is 4.11. The van der Waals surface area contributed by atoms with E-state index in [0.717, 1.165) is 23.2 Å². The van der Waals surface area contributed by atoms with Crippen LogP contribution in [0.2, 0.25) is 0 Å². The number of hydrogen-bond acceptors (Lipinski definition) is 3. The normalized spacial score (nSPS) is 20.7. The number of aromatic hydroxyl groups is 1. The Bertz CT molecular complexity index is 329. The van der Waals surface area contributed by atoms with Crippen molar-refractivity contribution in [2.24, 2.45) is 0 Å². The van der Waals surface area contributed by atoms with E-state index in [0.29, 0.717) is 12.4 Å². The third-order valence-electron chi connectivity index (χ3n) is 2.32. The fraction of sp³-hybridized carbons (Fsp3) is 0.400. The van der Waals surface area contributed by atoms with Crippen LogP contribution < -0.4 is 5.32 Å². The molecule has 1 saturated heterocycles. The molecule has 15 heavy (non-hydrogen) atoms. The van der Waals surface area contributed by atoms with Gasteiger partial charge in [0.05, 0.1) is 23.7 Å². The maximum Gasteiger partial charge on any atom is 0.134 e. The predicted molar refractivity (Wildman–Crippen MR) is 64.6 cm³/mol. The van der Waals surface area contributed by atoms with Crippen LogP contribution in [0, 0.1) is 0 Å². The zero-order chi connectivity index (χ0) is 9.97. The monoisotopic (exact) mass is 293 g/mol. The van der Waals surface area contributed by atoms with Crippen molar-refractivity contribution in [3.05, 3.63) is 28.2 Å². The summed E-state index contributed by atoms with van der Waals surface area (Å²) in [5.74, 6) is 0.301. The van der Waals surface area contributed by atoms with E-state index in [9.17, 15) is 5.11 Å². The molecule has 0 unspecified atom stereocenters. The number of benzene rings is 1. The van der Waals surface area contributed by atoms with Crippen LogP contribution in [0.15, 0.2) is 22.7 Å². The Kier molecular flexibility index (Phi) is 4.86. The average Bonchev–Trinajstić information content (AvgIpc) is 2.23. The second-order valence-electron chi connectivity index (χ2n) is 3.26. The lowest BCUT2D eigenvalue weighted by molar-refractivity contribution is 0.0760. The van der Waals surface area contributed by atoms with Crippen molar-refractivity contribution in [3.8, 4) is 5.75 Å². The minimum absolute atomic E-state index is 0. The van der Waals surface area contributed by atoms with Crippen molar-refractivity contribution in [2.75, 3.05) is 19.8 Å². The SMILES string of the molecule is Cl.Oc1c(Br)cccc1[C@@H]1COCCN1. The minimum atomic E-state index is 0. The fourth-order valence-corrected chi connectivity index (χ4v) is 1.96. The summed E-state index contributed by atoms with van der Waals surface area (Å²) in [6.45, 7) is 2.19. The van der Waals surface area contributed by atoms with Gasteiger partial charge < -0.3 is 15.2 Å². The molecule has 0 radical (unpaired) electrons. The van der Waals surface area contributed by atoms with Crippen LogP contribution in [0.4, 0.5) is 0 Å². The number of phenols is 1. The number of halogens is 2. The molecular formula is C10H13BrClNO2. The number of para-hydroxylation sites is 1. The molecule has 2 N–H and O–H groups in total. The van der Waals surface area contributed by atoms with E-state index in [-0.39, 0.29) is 18.4 Å². The summed E-state index contributed by atoms with van der Waals surface area (Å²) in [6.07, 6.45) is 0. The van der Waals surface area contributed by atoms with E-state index in [2.05, 4.69) is 21.2 Å². The third-order valence-corrected chi connectivity index (χ3v) is 2.95. The number of nitrogens with one attached hydrogen (secondary N) is 1. The molecule has 0 saturated carbocycles. The summed E-state index contributed by atoms with van der Waals surface area (Å²) in [6, 6.07) is 5.74. The van der Waals surface area contributed by atoms with Crippen LogP contribution in [0.1, 0.15) is 11.6 Å². The maximum atomic E-state index is 9.81. The first-order chi connectivity index (χ1) is 6.79. The van der Waals surface area contributed by atoms with Crippen molar-refractivity contribution in [1.29, 1.82) is 0 Å². The summed E-state index contributed by atoms with van der Waals surface area (Å²) in [4.78, 5) is 0. The first-order valence-corrected chi connectivity index (χ1v) is 5.37. The number of hydrogen-bond donors (Lipinski definition) is 2. The molecule has 84 valence electrons. The van der Waals surface area contributed by atoms with E-state index >= 15 is 0 Å². The Morgan fingerprint density at radius 3 is 2.93 bits per heavy atom. The Labute approximate surface area is 103 Å². The third kappa shape index (κ3) is 2.84. The van der Waals surface area contributed by atoms with Crippen LogP contribution in [-0.2, 0) is 4.74 Å². The lowest BCUT2D eigenvalue weighted by Crippen LogP contribution is -2.34.